The number of carboxylic acid groups (broad SMARTS) is 1. The third-order valence-electron chi connectivity index (χ3n) is 4.14. The first-order valence-corrected chi connectivity index (χ1v) is 9.58. The fourth-order valence-electron chi connectivity index (χ4n) is 2.48. The lowest BCUT2D eigenvalue weighted by Gasteiger charge is -2.41. The zero-order valence-electron chi connectivity index (χ0n) is 16.6. The van der Waals surface area contributed by atoms with E-state index in [0.717, 1.165) is 34.1 Å². The first kappa shape index (κ1) is 24.3. The Kier molecular flexibility index (Phi) is 7.74. The van der Waals surface area contributed by atoms with Gasteiger partial charge >= 0.3 is 24.0 Å². The van der Waals surface area contributed by atoms with E-state index in [1.807, 2.05) is 0 Å². The van der Waals surface area contributed by atoms with Gasteiger partial charge in [0.2, 0.25) is 0 Å². The summed E-state index contributed by atoms with van der Waals surface area (Å²) in [7, 11) is 2.77. The number of urea groups is 2. The van der Waals surface area contributed by atoms with Crippen LogP contribution in [0.5, 0.6) is 5.75 Å². The number of carbonyl (C=O) groups excluding carboxylic acids is 3. The summed E-state index contributed by atoms with van der Waals surface area (Å²) in [4.78, 5) is 50.3. The molecule has 1 fully saturated rings. The van der Waals surface area contributed by atoms with Gasteiger partial charge in [0.15, 0.2) is 11.6 Å². The van der Waals surface area contributed by atoms with Gasteiger partial charge in [0.05, 0.1) is 10.7 Å². The van der Waals surface area contributed by atoms with Crippen molar-refractivity contribution in [2.75, 3.05) is 25.6 Å². The van der Waals surface area contributed by atoms with Crippen LogP contribution in [0.3, 0.4) is 0 Å². The zero-order chi connectivity index (χ0) is 23.5. The van der Waals surface area contributed by atoms with Gasteiger partial charge in [-0.15, -0.1) is 12.6 Å². The fourth-order valence-corrected chi connectivity index (χ4v) is 2.87. The van der Waals surface area contributed by atoms with Gasteiger partial charge in [-0.2, -0.15) is 0 Å². The van der Waals surface area contributed by atoms with Crippen molar-refractivity contribution in [2.24, 2.45) is 0 Å². The quantitative estimate of drug-likeness (QED) is 0.353. The normalized spacial score (nSPS) is 16.1. The monoisotopic (exact) mass is 475 g/mol. The molecule has 1 heterocycles. The summed E-state index contributed by atoms with van der Waals surface area (Å²) in [6.45, 7) is 1.02. The van der Waals surface area contributed by atoms with Crippen LogP contribution in [0.15, 0.2) is 24.3 Å². The number of esters is 1. The zero-order valence-corrected chi connectivity index (χ0v) is 18.3. The molecule has 0 aromatic heterocycles. The minimum atomic E-state index is -1.21. The highest BCUT2D eigenvalue weighted by Crippen LogP contribution is 2.35. The molecule has 1 atom stereocenters. The minimum Gasteiger partial charge on any atom is -0.478 e. The van der Waals surface area contributed by atoms with Crippen LogP contribution in [0.25, 0.3) is 0 Å². The van der Waals surface area contributed by atoms with Crippen molar-refractivity contribution in [2.45, 2.75) is 18.5 Å². The van der Waals surface area contributed by atoms with Gasteiger partial charge in [0.1, 0.15) is 18.2 Å². The summed E-state index contributed by atoms with van der Waals surface area (Å²) in [6.07, 6.45) is 0.706. The average Bonchev–Trinajstić information content (AvgIpc) is 2.71. The van der Waals surface area contributed by atoms with Crippen molar-refractivity contribution in [1.82, 2.24) is 9.80 Å². The number of anilines is 1. The maximum Gasteiger partial charge on any atom is 0.347 e. The van der Waals surface area contributed by atoms with Crippen molar-refractivity contribution < 1.29 is 38.1 Å². The molecule has 0 spiro atoms. The number of carboxylic acids is 1. The SMILES string of the molecule is CC(Oc1cc(N2C(=O)N(C)C(S)N(C)C2=O)c(F)cc1Cl)C(=O)OC/C=C/C(=O)O. The summed E-state index contributed by atoms with van der Waals surface area (Å²) in [6, 6.07) is 0.205. The maximum absolute atomic E-state index is 14.6. The summed E-state index contributed by atoms with van der Waals surface area (Å²) in [5.41, 5.74) is -1.27. The molecule has 1 aliphatic rings. The average molecular weight is 476 g/mol. The van der Waals surface area contributed by atoms with E-state index in [9.17, 15) is 23.6 Å². The van der Waals surface area contributed by atoms with Crippen molar-refractivity contribution >= 4 is 53.9 Å². The molecule has 10 nitrogen and oxygen atoms in total. The molecule has 1 saturated heterocycles. The second-order valence-electron chi connectivity index (χ2n) is 6.33. The first-order valence-electron chi connectivity index (χ1n) is 8.69. The number of thiol groups is 1. The maximum atomic E-state index is 14.6. The van der Waals surface area contributed by atoms with Crippen LogP contribution in [-0.4, -0.2) is 71.2 Å². The van der Waals surface area contributed by atoms with E-state index in [1.54, 1.807) is 0 Å². The molecule has 1 N–H and O–H groups in total. The topological polar surface area (TPSA) is 117 Å². The van der Waals surface area contributed by atoms with Crippen LogP contribution in [-0.2, 0) is 14.3 Å². The Morgan fingerprint density at radius 3 is 2.42 bits per heavy atom. The molecule has 1 aromatic carbocycles. The number of hydrogen-bond acceptors (Lipinski definition) is 7. The number of amides is 4. The lowest BCUT2D eigenvalue weighted by Crippen LogP contribution is -2.62. The number of hydrogen-bond donors (Lipinski definition) is 2. The molecule has 4 amide bonds. The van der Waals surface area contributed by atoms with E-state index in [1.165, 1.54) is 21.0 Å². The highest BCUT2D eigenvalue weighted by atomic mass is 35.5. The number of ether oxygens (including phenoxy) is 2. The number of rotatable bonds is 7. The van der Waals surface area contributed by atoms with Gasteiger partial charge in [0.25, 0.3) is 0 Å². The molecule has 0 bridgehead atoms. The largest absolute Gasteiger partial charge is 0.478 e. The molecule has 1 aromatic rings. The van der Waals surface area contributed by atoms with Crippen LogP contribution in [0, 0.1) is 5.82 Å². The molecule has 0 aliphatic carbocycles. The van der Waals surface area contributed by atoms with Crippen molar-refractivity contribution in [1.29, 1.82) is 0 Å². The summed E-state index contributed by atoms with van der Waals surface area (Å²) < 4.78 is 24.8. The fraction of sp³-hybridized carbons (Fsp3) is 0.333. The van der Waals surface area contributed by atoms with Crippen molar-refractivity contribution in [3.05, 3.63) is 35.1 Å². The number of aliphatic carboxylic acids is 1. The molecular formula is C18H19ClFN3O7S. The van der Waals surface area contributed by atoms with E-state index in [4.69, 9.17) is 26.2 Å². The van der Waals surface area contributed by atoms with Gasteiger partial charge in [-0.25, -0.2) is 28.5 Å². The predicted octanol–water partition coefficient (Wildman–Crippen LogP) is 2.57. The first-order chi connectivity index (χ1) is 14.5. The number of benzene rings is 1. The van der Waals surface area contributed by atoms with Gasteiger partial charge in [-0.3, -0.25) is 9.80 Å². The van der Waals surface area contributed by atoms with Crippen LogP contribution < -0.4 is 9.64 Å². The van der Waals surface area contributed by atoms with Gasteiger partial charge < -0.3 is 14.6 Å². The lowest BCUT2D eigenvalue weighted by molar-refractivity contribution is -0.149. The molecule has 1 aliphatic heterocycles. The minimum absolute atomic E-state index is 0.178. The number of nitrogens with zero attached hydrogens (tertiary/aromatic N) is 3. The molecule has 31 heavy (non-hydrogen) atoms. The van der Waals surface area contributed by atoms with E-state index in [0.29, 0.717) is 4.90 Å². The molecule has 0 radical (unpaired) electrons. The highest BCUT2D eigenvalue weighted by Gasteiger charge is 2.41. The summed E-state index contributed by atoms with van der Waals surface area (Å²) >= 11 is 10.1. The molecule has 0 saturated carbocycles. The summed E-state index contributed by atoms with van der Waals surface area (Å²) in [5.74, 6) is -3.19. The van der Waals surface area contributed by atoms with E-state index >= 15 is 0 Å². The van der Waals surface area contributed by atoms with Gasteiger partial charge in [-0.05, 0) is 19.1 Å². The van der Waals surface area contributed by atoms with E-state index in [-0.39, 0.29) is 17.4 Å². The molecule has 13 heteroatoms. The van der Waals surface area contributed by atoms with Crippen LogP contribution in [0.4, 0.5) is 19.7 Å². The predicted molar refractivity (Wildman–Crippen MR) is 111 cm³/mol. The van der Waals surface area contributed by atoms with Crippen LogP contribution in [0.2, 0.25) is 5.02 Å². The Bertz CT molecular complexity index is 923. The Balaban J connectivity index is 2.25. The number of halogens is 2. The molecule has 168 valence electrons. The lowest BCUT2D eigenvalue weighted by atomic mass is 10.2. The highest BCUT2D eigenvalue weighted by molar-refractivity contribution is 7.80. The smallest absolute Gasteiger partial charge is 0.347 e. The van der Waals surface area contributed by atoms with Gasteiger partial charge in [-0.1, -0.05) is 11.6 Å². The Morgan fingerprint density at radius 2 is 1.87 bits per heavy atom. The summed E-state index contributed by atoms with van der Waals surface area (Å²) in [5, 5.41) is 8.28. The number of imide groups is 1. The van der Waals surface area contributed by atoms with Crippen LogP contribution in [0.1, 0.15) is 6.92 Å². The Labute approximate surface area is 187 Å². The number of carbonyl (C=O) groups is 4. The second kappa shape index (κ2) is 9.88. The third kappa shape index (κ3) is 5.39. The Hall–Kier alpha value is -2.99. The van der Waals surface area contributed by atoms with E-state index in [2.05, 4.69) is 12.6 Å². The van der Waals surface area contributed by atoms with Crippen LogP contribution >= 0.6 is 24.2 Å². The van der Waals surface area contributed by atoms with Crippen molar-refractivity contribution in [3.63, 3.8) is 0 Å². The van der Waals surface area contributed by atoms with Crippen molar-refractivity contribution in [3.8, 4) is 5.75 Å². The molecular weight excluding hydrogens is 457 g/mol. The second-order valence-corrected chi connectivity index (χ2v) is 7.20. The van der Waals surface area contributed by atoms with E-state index < -0.39 is 47.1 Å². The van der Waals surface area contributed by atoms with Gasteiger partial charge in [0, 0.05) is 26.2 Å². The molecule has 1 unspecified atom stereocenters. The standard InChI is InChI=1S/C18H19ClFN3O7S/c1-9(15(26)29-6-4-5-14(24)25)30-13-8-12(11(20)7-10(13)19)23-16(27)21(2)18(31)22(3)17(23)28/h4-5,7-9,18,31H,6H2,1-3H3,(H,24,25)/b5-4+. The molecule has 2 rings (SSSR count). The Morgan fingerprint density at radius 1 is 1.29 bits per heavy atom. The third-order valence-corrected chi connectivity index (χ3v) is 5.13.